The number of urea groups is 1. The number of carbonyl (C=O) groups excluding carboxylic acids is 1. The average molecular weight is 436 g/mol. The van der Waals surface area contributed by atoms with Crippen LogP contribution in [-0.4, -0.2) is 11.0 Å². The van der Waals surface area contributed by atoms with Gasteiger partial charge in [0.1, 0.15) is 0 Å². The summed E-state index contributed by atoms with van der Waals surface area (Å²) < 4.78 is 0. The molecule has 1 aromatic heterocycles. The second-order valence-corrected chi connectivity index (χ2v) is 7.28. The second kappa shape index (κ2) is 15.5. The Kier molecular flexibility index (Phi) is 13.9. The molecule has 1 heterocycles. The van der Waals surface area contributed by atoms with E-state index < -0.39 is 0 Å². The van der Waals surface area contributed by atoms with Crippen LogP contribution < -0.4 is 10.6 Å². The predicted molar refractivity (Wildman–Crippen MR) is 143 cm³/mol. The smallest absolute Gasteiger partial charge is 0.323 e. The van der Waals surface area contributed by atoms with Gasteiger partial charge in [0.05, 0.1) is 0 Å². The maximum absolute atomic E-state index is 12.1. The third-order valence-corrected chi connectivity index (χ3v) is 4.03. The number of aromatic nitrogens is 1. The van der Waals surface area contributed by atoms with Crippen molar-refractivity contribution >= 4 is 17.3 Å². The molecular weight excluding hydrogens is 394 g/mol. The van der Waals surface area contributed by atoms with Crippen molar-refractivity contribution in [2.24, 2.45) is 0 Å². The first-order chi connectivity index (χ1) is 15.2. The molecule has 0 aliphatic carbocycles. The molecule has 0 spiro atoms. The maximum atomic E-state index is 12.1. The van der Waals surface area contributed by atoms with Crippen LogP contribution in [0.3, 0.4) is 0 Å². The quantitative estimate of drug-likeness (QED) is 0.391. The van der Waals surface area contributed by atoms with E-state index in [1.165, 1.54) is 6.42 Å². The van der Waals surface area contributed by atoms with Crippen LogP contribution in [0.15, 0.2) is 73.0 Å². The third-order valence-electron chi connectivity index (χ3n) is 4.03. The van der Waals surface area contributed by atoms with Crippen molar-refractivity contribution in [3.8, 4) is 11.3 Å². The molecule has 1 aromatic carbocycles. The fourth-order valence-corrected chi connectivity index (χ4v) is 2.82. The lowest BCUT2D eigenvalue weighted by atomic mass is 10.1. The average Bonchev–Trinajstić information content (AvgIpc) is 3.12. The molecule has 174 valence electrons. The number of anilines is 1. The Morgan fingerprint density at radius 2 is 1.66 bits per heavy atom. The molecule has 0 aliphatic rings. The van der Waals surface area contributed by atoms with E-state index in [1.54, 1.807) is 0 Å². The number of nitrogens with one attached hydrogen (secondary N) is 3. The number of rotatable bonds is 6. The molecule has 2 amide bonds. The Hall–Kier alpha value is -3.27. The highest BCUT2D eigenvalue weighted by Crippen LogP contribution is 2.26. The lowest BCUT2D eigenvalue weighted by Crippen LogP contribution is -2.27. The number of H-pyrrole nitrogens is 1. The number of hydrogen-bond donors (Lipinski definition) is 3. The Balaban J connectivity index is 0.00000177. The third kappa shape index (κ3) is 10.2. The monoisotopic (exact) mass is 435 g/mol. The topological polar surface area (TPSA) is 56.9 Å². The SMILES string of the molecule is C=C(/C=C(C)\C=C/C)NC(=O)Nc1ccc(-c2cc(C(=C)C)c(C)[nH]2)cc1.CC.CCC. The van der Waals surface area contributed by atoms with Crippen LogP contribution in [-0.2, 0) is 0 Å². The summed E-state index contributed by atoms with van der Waals surface area (Å²) in [6.07, 6.45) is 6.95. The zero-order chi connectivity index (χ0) is 24.7. The Bertz CT molecular complexity index is 928. The van der Waals surface area contributed by atoms with E-state index in [0.29, 0.717) is 11.4 Å². The molecule has 2 rings (SSSR count). The highest BCUT2D eigenvalue weighted by Gasteiger charge is 2.08. The first-order valence-corrected chi connectivity index (χ1v) is 11.3. The molecule has 0 bridgehead atoms. The zero-order valence-electron chi connectivity index (χ0n) is 21.1. The molecule has 0 atom stereocenters. The molecule has 0 saturated carbocycles. The van der Waals surface area contributed by atoms with E-state index >= 15 is 0 Å². The number of benzene rings is 1. The molecule has 0 radical (unpaired) electrons. The number of aromatic amines is 1. The Morgan fingerprint density at radius 1 is 1.09 bits per heavy atom. The Morgan fingerprint density at radius 3 is 2.12 bits per heavy atom. The van der Waals surface area contributed by atoms with Crippen LogP contribution in [0.25, 0.3) is 16.8 Å². The van der Waals surface area contributed by atoms with Gasteiger partial charge in [-0.3, -0.25) is 0 Å². The van der Waals surface area contributed by atoms with E-state index in [1.807, 2.05) is 84.0 Å². The summed E-state index contributed by atoms with van der Waals surface area (Å²) in [7, 11) is 0. The summed E-state index contributed by atoms with van der Waals surface area (Å²) in [5, 5.41) is 5.53. The minimum atomic E-state index is -0.322. The lowest BCUT2D eigenvalue weighted by Gasteiger charge is -2.08. The van der Waals surface area contributed by atoms with Gasteiger partial charge < -0.3 is 15.6 Å². The number of hydrogen-bond acceptors (Lipinski definition) is 1. The van der Waals surface area contributed by atoms with Crippen molar-refractivity contribution < 1.29 is 4.79 Å². The van der Waals surface area contributed by atoms with Crippen LogP contribution in [0.5, 0.6) is 0 Å². The Labute approximate surface area is 195 Å². The first-order valence-electron chi connectivity index (χ1n) is 11.3. The number of aryl methyl sites for hydroxylation is 1. The molecule has 2 aromatic rings. The van der Waals surface area contributed by atoms with Crippen molar-refractivity contribution in [1.29, 1.82) is 0 Å². The molecule has 0 aliphatic heterocycles. The van der Waals surface area contributed by atoms with Crippen LogP contribution in [0.4, 0.5) is 10.5 Å². The molecule has 4 nitrogen and oxygen atoms in total. The maximum Gasteiger partial charge on any atom is 0.323 e. The van der Waals surface area contributed by atoms with Crippen LogP contribution >= 0.6 is 0 Å². The summed E-state index contributed by atoms with van der Waals surface area (Å²) in [6, 6.07) is 9.44. The van der Waals surface area contributed by atoms with E-state index in [0.717, 1.165) is 33.7 Å². The van der Waals surface area contributed by atoms with Crippen molar-refractivity contribution in [2.45, 2.75) is 61.8 Å². The van der Waals surface area contributed by atoms with E-state index in [4.69, 9.17) is 0 Å². The largest absolute Gasteiger partial charge is 0.358 e. The van der Waals surface area contributed by atoms with Crippen LogP contribution in [0, 0.1) is 6.92 Å². The molecule has 32 heavy (non-hydrogen) atoms. The minimum absolute atomic E-state index is 0.322. The van der Waals surface area contributed by atoms with Gasteiger partial charge in [0.15, 0.2) is 0 Å². The van der Waals surface area contributed by atoms with Gasteiger partial charge in [0.2, 0.25) is 0 Å². The molecular formula is C28H41N3O. The van der Waals surface area contributed by atoms with Gasteiger partial charge in [-0.1, -0.05) is 71.6 Å². The van der Waals surface area contributed by atoms with Crippen molar-refractivity contribution in [3.63, 3.8) is 0 Å². The summed E-state index contributed by atoms with van der Waals surface area (Å²) in [6.45, 7) is 24.0. The fraction of sp³-hybridized carbons (Fsp3) is 0.321. The summed E-state index contributed by atoms with van der Waals surface area (Å²) in [5.74, 6) is 0. The molecule has 0 saturated heterocycles. The van der Waals surface area contributed by atoms with Gasteiger partial charge in [0.25, 0.3) is 0 Å². The number of allylic oxidation sites excluding steroid dienone is 5. The van der Waals surface area contributed by atoms with Crippen molar-refractivity contribution in [1.82, 2.24) is 10.3 Å². The molecule has 3 N–H and O–H groups in total. The number of carbonyl (C=O) groups is 1. The van der Waals surface area contributed by atoms with Gasteiger partial charge in [-0.15, -0.1) is 0 Å². The van der Waals surface area contributed by atoms with Gasteiger partial charge in [0, 0.05) is 22.8 Å². The van der Waals surface area contributed by atoms with Crippen LogP contribution in [0.1, 0.15) is 66.1 Å². The lowest BCUT2D eigenvalue weighted by molar-refractivity contribution is 0.254. The first kappa shape index (κ1) is 28.7. The molecule has 0 fully saturated rings. The fourth-order valence-electron chi connectivity index (χ4n) is 2.82. The molecule has 0 unspecified atom stereocenters. The van der Waals surface area contributed by atoms with E-state index in [2.05, 4.69) is 48.7 Å². The highest BCUT2D eigenvalue weighted by atomic mass is 16.2. The summed E-state index contributed by atoms with van der Waals surface area (Å²) in [5.41, 5.74) is 7.59. The van der Waals surface area contributed by atoms with Gasteiger partial charge in [-0.25, -0.2) is 4.79 Å². The minimum Gasteiger partial charge on any atom is -0.358 e. The normalized spacial score (nSPS) is 10.4. The van der Waals surface area contributed by atoms with E-state index in [-0.39, 0.29) is 6.03 Å². The summed E-state index contributed by atoms with van der Waals surface area (Å²) >= 11 is 0. The molecule has 4 heteroatoms. The van der Waals surface area contributed by atoms with Crippen LogP contribution in [0.2, 0.25) is 0 Å². The second-order valence-electron chi connectivity index (χ2n) is 7.28. The standard InChI is InChI=1S/C23H27N3O.C3H8.C2H6/c1-7-8-16(4)13-17(5)24-23(27)26-20-11-9-19(10-12-20)22-14-21(15(2)3)18(6)25-22;1-3-2;1-2/h7-14,25H,2,5H2,1,3-4,6H3,(H2,24,26,27);3H2,1-2H3;1-2H3/b8-7-,16-13-;;. The highest BCUT2D eigenvalue weighted by molar-refractivity contribution is 5.91. The number of amides is 2. The van der Waals surface area contributed by atoms with Gasteiger partial charge >= 0.3 is 6.03 Å². The van der Waals surface area contributed by atoms with Gasteiger partial charge in [-0.2, -0.15) is 0 Å². The van der Waals surface area contributed by atoms with Crippen molar-refractivity contribution in [3.05, 3.63) is 84.2 Å². The predicted octanol–water partition coefficient (Wildman–Crippen LogP) is 8.62. The van der Waals surface area contributed by atoms with E-state index in [9.17, 15) is 4.79 Å². The zero-order valence-corrected chi connectivity index (χ0v) is 21.1. The summed E-state index contributed by atoms with van der Waals surface area (Å²) in [4.78, 5) is 15.5. The van der Waals surface area contributed by atoms with Gasteiger partial charge in [-0.05, 0) is 74.2 Å². The van der Waals surface area contributed by atoms with Crippen molar-refractivity contribution in [2.75, 3.05) is 5.32 Å².